The summed E-state index contributed by atoms with van der Waals surface area (Å²) in [5.74, 6) is 0.486. The monoisotopic (exact) mass is 318 g/mol. The lowest BCUT2D eigenvalue weighted by Gasteiger charge is -2.36. The minimum absolute atomic E-state index is 0.0659. The molecule has 0 aliphatic heterocycles. The van der Waals surface area contributed by atoms with Crippen LogP contribution in [0.15, 0.2) is 12.1 Å². The number of rotatable bonds is 2. The number of phenols is 1. The van der Waals surface area contributed by atoms with Crippen molar-refractivity contribution in [2.45, 2.75) is 98.8 Å². The van der Waals surface area contributed by atoms with Crippen LogP contribution < -0.4 is 0 Å². The average Bonchev–Trinajstić information content (AvgIpc) is 2.21. The zero-order valence-corrected chi connectivity index (χ0v) is 17.3. The van der Waals surface area contributed by atoms with E-state index in [1.54, 1.807) is 0 Å². The smallest absolute Gasteiger partial charge is 0.123 e. The largest absolute Gasteiger partial charge is 0.507 e. The second-order valence-electron chi connectivity index (χ2n) is 11.0. The van der Waals surface area contributed by atoms with Crippen molar-refractivity contribution in [3.05, 3.63) is 28.8 Å². The van der Waals surface area contributed by atoms with Crippen molar-refractivity contribution in [3.63, 3.8) is 0 Å². The van der Waals surface area contributed by atoms with Gasteiger partial charge in [0.2, 0.25) is 0 Å². The zero-order valence-electron chi connectivity index (χ0n) is 17.3. The Labute approximate surface area is 144 Å². The lowest BCUT2D eigenvalue weighted by atomic mass is 9.69. The van der Waals surface area contributed by atoms with Crippen LogP contribution in [-0.4, -0.2) is 5.11 Å². The maximum absolute atomic E-state index is 11.0. The number of hydrogen-bond acceptors (Lipinski definition) is 1. The Morgan fingerprint density at radius 1 is 0.696 bits per heavy atom. The standard InChI is InChI=1S/C22H38O/c1-19(2,3)14-22(10,11)17-13-15(20(4,5)6)12-16(18(17)23)21(7,8)9/h12-13,23H,14H2,1-11H3. The van der Waals surface area contributed by atoms with Crippen LogP contribution in [0.5, 0.6) is 5.75 Å². The summed E-state index contributed by atoms with van der Waals surface area (Å²) in [6, 6.07) is 4.43. The maximum Gasteiger partial charge on any atom is 0.123 e. The van der Waals surface area contributed by atoms with Crippen LogP contribution in [0.3, 0.4) is 0 Å². The lowest BCUT2D eigenvalue weighted by Crippen LogP contribution is -2.27. The summed E-state index contributed by atoms with van der Waals surface area (Å²) in [5.41, 5.74) is 3.60. The van der Waals surface area contributed by atoms with Crippen molar-refractivity contribution in [1.29, 1.82) is 0 Å². The summed E-state index contributed by atoms with van der Waals surface area (Å²) in [5, 5.41) is 11.0. The van der Waals surface area contributed by atoms with Gasteiger partial charge in [-0.1, -0.05) is 88.3 Å². The van der Waals surface area contributed by atoms with Crippen LogP contribution >= 0.6 is 0 Å². The fraction of sp³-hybridized carbons (Fsp3) is 0.727. The van der Waals surface area contributed by atoms with Gasteiger partial charge in [0.1, 0.15) is 5.75 Å². The summed E-state index contributed by atoms with van der Waals surface area (Å²) in [7, 11) is 0. The molecule has 23 heavy (non-hydrogen) atoms. The van der Waals surface area contributed by atoms with E-state index in [0.717, 1.165) is 17.5 Å². The first-order chi connectivity index (χ1) is 9.95. The van der Waals surface area contributed by atoms with Gasteiger partial charge in [-0.3, -0.25) is 0 Å². The molecule has 0 bridgehead atoms. The molecule has 1 nitrogen and oxygen atoms in total. The van der Waals surface area contributed by atoms with E-state index in [1.807, 2.05) is 0 Å². The summed E-state index contributed by atoms with van der Waals surface area (Å²) < 4.78 is 0. The predicted octanol–water partition coefficient (Wildman–Crippen LogP) is 6.70. The fourth-order valence-corrected chi connectivity index (χ4v) is 3.58. The second-order valence-corrected chi connectivity index (χ2v) is 11.0. The van der Waals surface area contributed by atoms with Gasteiger partial charge in [-0.2, -0.15) is 0 Å². The van der Waals surface area contributed by atoms with Crippen molar-refractivity contribution < 1.29 is 5.11 Å². The summed E-state index contributed by atoms with van der Waals surface area (Å²) >= 11 is 0. The van der Waals surface area contributed by atoms with Gasteiger partial charge in [0.05, 0.1) is 0 Å². The molecule has 0 aromatic heterocycles. The fourth-order valence-electron chi connectivity index (χ4n) is 3.58. The second kappa shape index (κ2) is 5.83. The van der Waals surface area contributed by atoms with E-state index in [9.17, 15) is 5.11 Å². The first-order valence-corrected chi connectivity index (χ1v) is 8.84. The third-order valence-corrected chi connectivity index (χ3v) is 4.49. The molecule has 1 N–H and O–H groups in total. The molecule has 1 aromatic rings. The first-order valence-electron chi connectivity index (χ1n) is 8.84. The summed E-state index contributed by atoms with van der Waals surface area (Å²) in [4.78, 5) is 0. The summed E-state index contributed by atoms with van der Waals surface area (Å²) in [6.07, 6.45) is 1.03. The van der Waals surface area contributed by atoms with Crippen LogP contribution in [0, 0.1) is 5.41 Å². The molecule has 1 aromatic carbocycles. The van der Waals surface area contributed by atoms with Crippen molar-refractivity contribution in [2.75, 3.05) is 0 Å². The highest BCUT2D eigenvalue weighted by Crippen LogP contribution is 2.45. The van der Waals surface area contributed by atoms with Crippen LogP contribution in [-0.2, 0) is 16.2 Å². The molecule has 0 heterocycles. The Hall–Kier alpha value is -0.980. The third kappa shape index (κ3) is 4.99. The minimum Gasteiger partial charge on any atom is -0.507 e. The third-order valence-electron chi connectivity index (χ3n) is 4.49. The van der Waals surface area contributed by atoms with Crippen LogP contribution in [0.4, 0.5) is 0 Å². The van der Waals surface area contributed by atoms with Crippen molar-refractivity contribution >= 4 is 0 Å². The van der Waals surface area contributed by atoms with Gasteiger partial charge in [-0.05, 0) is 39.2 Å². The molecule has 0 amide bonds. The highest BCUT2D eigenvalue weighted by atomic mass is 16.3. The molecule has 0 saturated carbocycles. The Balaban J connectivity index is 3.65. The van der Waals surface area contributed by atoms with E-state index in [1.165, 1.54) is 5.56 Å². The van der Waals surface area contributed by atoms with Gasteiger partial charge >= 0.3 is 0 Å². The molecule has 0 fully saturated rings. The number of aromatic hydroxyl groups is 1. The Morgan fingerprint density at radius 2 is 1.13 bits per heavy atom. The van der Waals surface area contributed by atoms with E-state index < -0.39 is 0 Å². The molecule has 0 saturated heterocycles. The molecule has 0 aliphatic rings. The number of benzene rings is 1. The predicted molar refractivity (Wildman–Crippen MR) is 103 cm³/mol. The number of phenolic OH excluding ortho intramolecular Hbond substituents is 1. The van der Waals surface area contributed by atoms with Crippen molar-refractivity contribution in [3.8, 4) is 5.75 Å². The molecule has 1 heteroatoms. The van der Waals surface area contributed by atoms with Gasteiger partial charge in [0, 0.05) is 5.56 Å². The van der Waals surface area contributed by atoms with Crippen LogP contribution in [0.25, 0.3) is 0 Å². The highest BCUT2D eigenvalue weighted by Gasteiger charge is 2.33. The molecule has 0 radical (unpaired) electrons. The molecular formula is C22H38O. The van der Waals surface area contributed by atoms with Gasteiger partial charge in [-0.25, -0.2) is 0 Å². The van der Waals surface area contributed by atoms with Gasteiger partial charge in [0.15, 0.2) is 0 Å². The van der Waals surface area contributed by atoms with E-state index >= 15 is 0 Å². The zero-order chi connectivity index (χ0) is 18.4. The topological polar surface area (TPSA) is 20.2 Å². The van der Waals surface area contributed by atoms with Gasteiger partial charge < -0.3 is 5.11 Å². The lowest BCUT2D eigenvalue weighted by molar-refractivity contribution is 0.277. The van der Waals surface area contributed by atoms with Crippen LogP contribution in [0.2, 0.25) is 0 Å². The van der Waals surface area contributed by atoms with E-state index in [2.05, 4.69) is 88.3 Å². The van der Waals surface area contributed by atoms with E-state index in [4.69, 9.17) is 0 Å². The highest BCUT2D eigenvalue weighted by molar-refractivity contribution is 5.51. The Morgan fingerprint density at radius 3 is 1.48 bits per heavy atom. The molecule has 0 unspecified atom stereocenters. The molecule has 132 valence electrons. The quantitative estimate of drug-likeness (QED) is 0.643. The Kier molecular flexibility index (Phi) is 5.08. The Bertz CT molecular complexity index is 557. The molecular weight excluding hydrogens is 280 g/mol. The van der Waals surface area contributed by atoms with Crippen molar-refractivity contribution in [1.82, 2.24) is 0 Å². The van der Waals surface area contributed by atoms with Crippen molar-refractivity contribution in [2.24, 2.45) is 5.41 Å². The molecule has 0 atom stereocenters. The number of hydrogen-bond donors (Lipinski definition) is 1. The maximum atomic E-state index is 11.0. The normalized spacial score (nSPS) is 14.2. The molecule has 0 aliphatic carbocycles. The molecule has 1 rings (SSSR count). The molecule has 0 spiro atoms. The van der Waals surface area contributed by atoms with Gasteiger partial charge in [-0.15, -0.1) is 0 Å². The van der Waals surface area contributed by atoms with Crippen LogP contribution in [0.1, 0.15) is 99.3 Å². The van der Waals surface area contributed by atoms with E-state index in [-0.39, 0.29) is 21.7 Å². The SMILES string of the molecule is CC(C)(C)CC(C)(C)c1cc(C(C)(C)C)cc(C(C)(C)C)c1O. The van der Waals surface area contributed by atoms with E-state index in [0.29, 0.717) is 5.75 Å². The van der Waals surface area contributed by atoms with Gasteiger partial charge in [0.25, 0.3) is 0 Å². The first kappa shape index (κ1) is 20.1. The minimum atomic E-state index is -0.0715. The average molecular weight is 319 g/mol. The summed E-state index contributed by atoms with van der Waals surface area (Å²) in [6.45, 7) is 24.6.